The van der Waals surface area contributed by atoms with Crippen LogP contribution in [0.25, 0.3) is 0 Å². The molecule has 3 nitrogen and oxygen atoms in total. The van der Waals surface area contributed by atoms with Crippen LogP contribution in [0.5, 0.6) is 0 Å². The van der Waals surface area contributed by atoms with Crippen LogP contribution in [0.3, 0.4) is 0 Å². The Kier molecular flexibility index (Phi) is 6.42. The summed E-state index contributed by atoms with van der Waals surface area (Å²) in [5, 5.41) is 0.161. The van der Waals surface area contributed by atoms with Gasteiger partial charge in [-0.15, -0.1) is 0 Å². The van der Waals surface area contributed by atoms with Gasteiger partial charge in [-0.1, -0.05) is 112 Å². The number of hydrogen-bond acceptors (Lipinski definition) is 2. The molecule has 3 aromatic carbocycles. The molecule has 0 saturated carbocycles. The van der Waals surface area contributed by atoms with E-state index in [0.29, 0.717) is 6.61 Å². The van der Waals surface area contributed by atoms with Gasteiger partial charge in [0.15, 0.2) is 8.32 Å². The van der Waals surface area contributed by atoms with Crippen LogP contribution < -0.4 is 0 Å². The Balaban J connectivity index is 1.85. The fourth-order valence-electron chi connectivity index (χ4n) is 4.07. The van der Waals surface area contributed by atoms with Gasteiger partial charge in [0.1, 0.15) is 11.2 Å². The average molecular weight is 455 g/mol. The van der Waals surface area contributed by atoms with Gasteiger partial charge in [-0.05, 0) is 34.8 Å². The van der Waals surface area contributed by atoms with E-state index in [0.717, 1.165) is 11.5 Å². The second-order valence-corrected chi connectivity index (χ2v) is 14.9. The number of H-pyrrole nitrogens is 1. The zero-order valence-electron chi connectivity index (χ0n) is 20.3. The molecule has 0 bridgehead atoms. The molecule has 4 aromatic rings. The SMILES string of the molecule is CC(C)(C)[Si](C)(C)OCc1c[nH]c(C(c2ccccc2)(c2ccccc2)c2ccccc2)n1. The van der Waals surface area contributed by atoms with Crippen molar-refractivity contribution < 1.29 is 4.43 Å². The fourth-order valence-corrected chi connectivity index (χ4v) is 5.01. The number of imidazole rings is 1. The lowest BCUT2D eigenvalue weighted by molar-refractivity contribution is 0.272. The Hall–Kier alpha value is -2.95. The number of aromatic nitrogens is 2. The smallest absolute Gasteiger partial charge is 0.192 e. The summed E-state index contributed by atoms with van der Waals surface area (Å²) in [6, 6.07) is 31.9. The van der Waals surface area contributed by atoms with Gasteiger partial charge in [-0.3, -0.25) is 0 Å². The van der Waals surface area contributed by atoms with Gasteiger partial charge in [0, 0.05) is 6.20 Å². The number of aromatic amines is 1. The van der Waals surface area contributed by atoms with E-state index in [4.69, 9.17) is 9.41 Å². The second-order valence-electron chi connectivity index (χ2n) is 10.1. The first-order valence-corrected chi connectivity index (χ1v) is 14.5. The van der Waals surface area contributed by atoms with Crippen molar-refractivity contribution in [3.63, 3.8) is 0 Å². The molecule has 1 heterocycles. The molecular formula is C29H34N2OSi. The number of hydrogen-bond donors (Lipinski definition) is 1. The van der Waals surface area contributed by atoms with Gasteiger partial charge in [-0.2, -0.15) is 0 Å². The molecule has 0 fully saturated rings. The van der Waals surface area contributed by atoms with E-state index in [1.165, 1.54) is 16.7 Å². The van der Waals surface area contributed by atoms with E-state index in [2.05, 4.69) is 130 Å². The van der Waals surface area contributed by atoms with E-state index in [1.54, 1.807) is 0 Å². The van der Waals surface area contributed by atoms with Crippen molar-refractivity contribution in [3.8, 4) is 0 Å². The molecule has 170 valence electrons. The molecule has 0 atom stereocenters. The van der Waals surface area contributed by atoms with Crippen LogP contribution in [0.4, 0.5) is 0 Å². The van der Waals surface area contributed by atoms with E-state index in [9.17, 15) is 0 Å². The first-order chi connectivity index (χ1) is 15.7. The van der Waals surface area contributed by atoms with E-state index < -0.39 is 13.7 Å². The molecule has 4 rings (SSSR count). The monoisotopic (exact) mass is 454 g/mol. The molecule has 0 saturated heterocycles. The Morgan fingerprint density at radius 2 is 1.15 bits per heavy atom. The molecule has 4 heteroatoms. The third-order valence-electron chi connectivity index (χ3n) is 6.99. The summed E-state index contributed by atoms with van der Waals surface area (Å²) >= 11 is 0. The third-order valence-corrected chi connectivity index (χ3v) is 11.5. The van der Waals surface area contributed by atoms with Crippen LogP contribution in [0, 0.1) is 0 Å². The molecule has 0 spiro atoms. The van der Waals surface area contributed by atoms with Gasteiger partial charge in [-0.25, -0.2) is 4.98 Å². The summed E-state index contributed by atoms with van der Waals surface area (Å²) in [6.45, 7) is 11.9. The molecule has 0 aliphatic rings. The zero-order chi connectivity index (χ0) is 23.5. The Morgan fingerprint density at radius 1 is 0.727 bits per heavy atom. The van der Waals surface area contributed by atoms with Gasteiger partial charge < -0.3 is 9.41 Å². The zero-order valence-corrected chi connectivity index (χ0v) is 21.3. The highest BCUT2D eigenvalue weighted by atomic mass is 28.4. The van der Waals surface area contributed by atoms with Crippen molar-refractivity contribution in [1.29, 1.82) is 0 Å². The lowest BCUT2D eigenvalue weighted by Crippen LogP contribution is -2.40. The molecule has 0 radical (unpaired) electrons. The lowest BCUT2D eigenvalue weighted by atomic mass is 9.69. The molecule has 0 unspecified atom stereocenters. The first-order valence-electron chi connectivity index (χ1n) is 11.6. The summed E-state index contributed by atoms with van der Waals surface area (Å²) in [5.41, 5.74) is 3.90. The Labute approximate surface area is 199 Å². The van der Waals surface area contributed by atoms with Gasteiger partial charge in [0.25, 0.3) is 0 Å². The van der Waals surface area contributed by atoms with Crippen molar-refractivity contribution in [2.75, 3.05) is 0 Å². The third kappa shape index (κ3) is 4.46. The van der Waals surface area contributed by atoms with Crippen LogP contribution in [-0.4, -0.2) is 18.3 Å². The highest BCUT2D eigenvalue weighted by molar-refractivity contribution is 6.74. The van der Waals surface area contributed by atoms with E-state index in [-0.39, 0.29) is 5.04 Å². The van der Waals surface area contributed by atoms with Crippen LogP contribution in [0.2, 0.25) is 18.1 Å². The maximum Gasteiger partial charge on any atom is 0.192 e. The Bertz CT molecular complexity index is 1070. The Morgan fingerprint density at radius 3 is 1.55 bits per heavy atom. The number of rotatable bonds is 7. The standard InChI is InChI=1S/C29H34N2OSi/c1-28(2,3)33(4,5)32-22-26-21-30-27(31-26)29(23-15-9-6-10-16-23,24-17-11-7-12-18-24)25-19-13-8-14-20-25/h6-21H,22H2,1-5H3,(H,30,31). The predicted molar refractivity (Wildman–Crippen MR) is 139 cm³/mol. The summed E-state index contributed by atoms with van der Waals surface area (Å²) < 4.78 is 6.48. The quantitative estimate of drug-likeness (QED) is 0.235. The molecule has 1 N–H and O–H groups in total. The minimum Gasteiger partial charge on any atom is -0.411 e. The maximum atomic E-state index is 6.48. The largest absolute Gasteiger partial charge is 0.411 e. The van der Waals surface area contributed by atoms with Gasteiger partial charge in [0.2, 0.25) is 0 Å². The van der Waals surface area contributed by atoms with Crippen molar-refractivity contribution in [2.45, 2.75) is 50.9 Å². The van der Waals surface area contributed by atoms with Crippen LogP contribution >= 0.6 is 0 Å². The van der Waals surface area contributed by atoms with E-state index >= 15 is 0 Å². The number of benzene rings is 3. The lowest BCUT2D eigenvalue weighted by Gasteiger charge is -2.36. The molecule has 0 amide bonds. The second kappa shape index (κ2) is 9.12. The maximum absolute atomic E-state index is 6.48. The summed E-state index contributed by atoms with van der Waals surface area (Å²) in [7, 11) is -1.87. The number of nitrogens with zero attached hydrogens (tertiary/aromatic N) is 1. The minimum absolute atomic E-state index is 0.161. The summed E-state index contributed by atoms with van der Waals surface area (Å²) in [6.07, 6.45) is 2.01. The summed E-state index contributed by atoms with van der Waals surface area (Å²) in [5.74, 6) is 0.903. The first kappa shape index (κ1) is 23.2. The fraction of sp³-hybridized carbons (Fsp3) is 0.276. The summed E-state index contributed by atoms with van der Waals surface area (Å²) in [4.78, 5) is 8.68. The topological polar surface area (TPSA) is 37.9 Å². The molecule has 33 heavy (non-hydrogen) atoms. The van der Waals surface area contributed by atoms with Crippen LogP contribution in [0.15, 0.2) is 97.2 Å². The minimum atomic E-state index is -1.87. The molecular weight excluding hydrogens is 420 g/mol. The van der Waals surface area contributed by atoms with Gasteiger partial charge in [0.05, 0.1) is 12.3 Å². The average Bonchev–Trinajstić information content (AvgIpc) is 3.29. The highest BCUT2D eigenvalue weighted by Gasteiger charge is 2.41. The normalized spacial score (nSPS) is 12.6. The van der Waals surface area contributed by atoms with Crippen LogP contribution in [-0.2, 0) is 16.4 Å². The predicted octanol–water partition coefficient (Wildman–Crippen LogP) is 7.31. The molecule has 0 aliphatic carbocycles. The van der Waals surface area contributed by atoms with Crippen molar-refractivity contribution in [3.05, 3.63) is 125 Å². The van der Waals surface area contributed by atoms with Gasteiger partial charge >= 0.3 is 0 Å². The highest BCUT2D eigenvalue weighted by Crippen LogP contribution is 2.44. The van der Waals surface area contributed by atoms with Crippen LogP contribution in [0.1, 0.15) is 49.0 Å². The van der Waals surface area contributed by atoms with Crippen molar-refractivity contribution in [1.82, 2.24) is 9.97 Å². The molecule has 0 aliphatic heterocycles. The van der Waals surface area contributed by atoms with Crippen molar-refractivity contribution >= 4 is 8.32 Å². The van der Waals surface area contributed by atoms with E-state index in [1.807, 2.05) is 6.20 Å². The number of nitrogens with one attached hydrogen (secondary N) is 1. The van der Waals surface area contributed by atoms with Crippen molar-refractivity contribution in [2.24, 2.45) is 0 Å². The molecule has 1 aromatic heterocycles.